The summed E-state index contributed by atoms with van der Waals surface area (Å²) in [4.78, 5) is 4.44. The lowest BCUT2D eigenvalue weighted by atomic mass is 10.1. The number of ether oxygens (including phenoxy) is 1. The number of benzene rings is 1. The van der Waals surface area contributed by atoms with Crippen molar-refractivity contribution in [3.05, 3.63) is 42.6 Å². The average Bonchev–Trinajstić information content (AvgIpc) is 2.97. The van der Waals surface area contributed by atoms with Gasteiger partial charge in [-0.15, -0.1) is 0 Å². The molecule has 0 spiro atoms. The van der Waals surface area contributed by atoms with Crippen LogP contribution >= 0.6 is 0 Å². The van der Waals surface area contributed by atoms with Crippen molar-refractivity contribution < 1.29 is 4.74 Å². The standard InChI is InChI=1S/C20H24N4OSi/c1-5-21-16-9-10-17-19(14-16)24(15-25-12-13-26(2,3)4)23-20(17)18-8-6-7-11-22-18/h1,6-11,14,21H,12-13,15H2,2-4H3. The molecule has 0 unspecified atom stereocenters. The van der Waals surface area contributed by atoms with Gasteiger partial charge in [-0.2, -0.15) is 5.10 Å². The first-order valence-electron chi connectivity index (χ1n) is 8.69. The molecule has 0 radical (unpaired) electrons. The minimum Gasteiger partial charge on any atom is -0.360 e. The summed E-state index contributed by atoms with van der Waals surface area (Å²) in [6, 6.07) is 15.4. The maximum atomic E-state index is 5.91. The minimum absolute atomic E-state index is 0.410. The Kier molecular flexibility index (Phi) is 5.40. The number of nitrogens with zero attached hydrogens (tertiary/aromatic N) is 3. The van der Waals surface area contributed by atoms with Crippen molar-refractivity contribution in [1.29, 1.82) is 0 Å². The Bertz CT molecular complexity index is 923. The molecule has 2 aromatic heterocycles. The molecule has 0 saturated carbocycles. The van der Waals surface area contributed by atoms with Crippen LogP contribution in [0.4, 0.5) is 5.69 Å². The topological polar surface area (TPSA) is 52.0 Å². The second-order valence-corrected chi connectivity index (χ2v) is 13.0. The van der Waals surface area contributed by atoms with E-state index in [0.29, 0.717) is 6.73 Å². The predicted octanol–water partition coefficient (Wildman–Crippen LogP) is 4.41. The SMILES string of the molecule is C#CNc1ccc2c(-c3ccccn3)nn(COCC[Si](C)(C)C)c2c1. The lowest BCUT2D eigenvalue weighted by Crippen LogP contribution is -2.22. The molecule has 0 aliphatic heterocycles. The maximum Gasteiger partial charge on any atom is 0.140 e. The number of anilines is 1. The third kappa shape index (κ3) is 4.31. The molecular formula is C20H24N4OSi. The Morgan fingerprint density at radius 2 is 2.08 bits per heavy atom. The van der Waals surface area contributed by atoms with Gasteiger partial charge in [0.1, 0.15) is 12.4 Å². The summed E-state index contributed by atoms with van der Waals surface area (Å²) in [5.74, 6) is 0. The molecule has 1 aromatic carbocycles. The first kappa shape index (κ1) is 18.2. The molecule has 0 saturated heterocycles. The van der Waals surface area contributed by atoms with Crippen molar-refractivity contribution in [3.63, 3.8) is 0 Å². The zero-order valence-corrected chi connectivity index (χ0v) is 16.5. The Balaban J connectivity index is 1.93. The van der Waals surface area contributed by atoms with E-state index in [9.17, 15) is 0 Å². The molecule has 2 heterocycles. The van der Waals surface area contributed by atoms with E-state index in [-0.39, 0.29) is 0 Å². The number of rotatable bonds is 7. The molecule has 0 aliphatic rings. The lowest BCUT2D eigenvalue weighted by molar-refractivity contribution is 0.0818. The minimum atomic E-state index is -1.11. The quantitative estimate of drug-likeness (QED) is 0.292. The van der Waals surface area contributed by atoms with E-state index in [4.69, 9.17) is 16.3 Å². The number of hydrogen-bond donors (Lipinski definition) is 1. The molecule has 3 aromatic rings. The molecule has 0 aliphatic carbocycles. The molecular weight excluding hydrogens is 340 g/mol. The van der Waals surface area contributed by atoms with Crippen LogP contribution in [0.25, 0.3) is 22.3 Å². The molecule has 0 fully saturated rings. The highest BCUT2D eigenvalue weighted by atomic mass is 28.3. The fraction of sp³-hybridized carbons (Fsp3) is 0.300. The molecule has 26 heavy (non-hydrogen) atoms. The normalized spacial score (nSPS) is 11.5. The van der Waals surface area contributed by atoms with E-state index in [1.807, 2.05) is 41.1 Å². The Hall–Kier alpha value is -2.62. The first-order valence-corrected chi connectivity index (χ1v) is 12.4. The molecule has 1 N–H and O–H groups in total. The van der Waals surface area contributed by atoms with Crippen LogP contribution in [0.15, 0.2) is 42.6 Å². The van der Waals surface area contributed by atoms with Gasteiger partial charge in [-0.3, -0.25) is 4.98 Å². The largest absolute Gasteiger partial charge is 0.360 e. The van der Waals surface area contributed by atoms with E-state index in [2.05, 4.69) is 36.0 Å². The molecule has 134 valence electrons. The number of nitrogens with one attached hydrogen (secondary N) is 1. The van der Waals surface area contributed by atoms with Crippen molar-refractivity contribution in [3.8, 4) is 23.9 Å². The van der Waals surface area contributed by atoms with Gasteiger partial charge < -0.3 is 10.1 Å². The fourth-order valence-electron chi connectivity index (χ4n) is 2.65. The van der Waals surface area contributed by atoms with Crippen LogP contribution in [-0.4, -0.2) is 29.4 Å². The highest BCUT2D eigenvalue weighted by Gasteiger charge is 2.15. The van der Waals surface area contributed by atoms with Gasteiger partial charge in [0.05, 0.1) is 11.2 Å². The van der Waals surface area contributed by atoms with E-state index in [1.165, 1.54) is 0 Å². The van der Waals surface area contributed by atoms with Gasteiger partial charge >= 0.3 is 0 Å². The smallest absolute Gasteiger partial charge is 0.140 e. The predicted molar refractivity (Wildman–Crippen MR) is 110 cm³/mol. The van der Waals surface area contributed by atoms with E-state index < -0.39 is 8.07 Å². The third-order valence-electron chi connectivity index (χ3n) is 4.09. The third-order valence-corrected chi connectivity index (χ3v) is 5.79. The summed E-state index contributed by atoms with van der Waals surface area (Å²) < 4.78 is 7.79. The lowest BCUT2D eigenvalue weighted by Gasteiger charge is -2.15. The van der Waals surface area contributed by atoms with Crippen LogP contribution in [-0.2, 0) is 11.5 Å². The van der Waals surface area contributed by atoms with E-state index in [0.717, 1.165) is 40.6 Å². The number of terminal acetylenes is 1. The zero-order valence-electron chi connectivity index (χ0n) is 15.5. The van der Waals surface area contributed by atoms with Crippen molar-refractivity contribution >= 4 is 24.7 Å². The highest BCUT2D eigenvalue weighted by Crippen LogP contribution is 2.28. The number of fused-ring (bicyclic) bond motifs is 1. The Morgan fingerprint density at radius 1 is 1.23 bits per heavy atom. The molecule has 0 amide bonds. The monoisotopic (exact) mass is 364 g/mol. The summed E-state index contributed by atoms with van der Waals surface area (Å²) in [7, 11) is -1.11. The summed E-state index contributed by atoms with van der Waals surface area (Å²) in [6.07, 6.45) is 7.14. The summed E-state index contributed by atoms with van der Waals surface area (Å²) in [6.45, 7) is 8.19. The van der Waals surface area contributed by atoms with Gasteiger partial charge in [-0.25, -0.2) is 4.68 Å². The molecule has 3 rings (SSSR count). The van der Waals surface area contributed by atoms with Crippen LogP contribution in [0.3, 0.4) is 0 Å². The van der Waals surface area contributed by atoms with Crippen molar-refractivity contribution in [2.45, 2.75) is 32.4 Å². The summed E-state index contributed by atoms with van der Waals surface area (Å²) in [5, 5.41) is 8.68. The Morgan fingerprint density at radius 3 is 2.77 bits per heavy atom. The van der Waals surface area contributed by atoms with Crippen molar-refractivity contribution in [1.82, 2.24) is 14.8 Å². The van der Waals surface area contributed by atoms with E-state index in [1.54, 1.807) is 6.20 Å². The van der Waals surface area contributed by atoms with Crippen LogP contribution < -0.4 is 5.32 Å². The molecule has 0 atom stereocenters. The summed E-state index contributed by atoms with van der Waals surface area (Å²) >= 11 is 0. The fourth-order valence-corrected chi connectivity index (χ4v) is 3.41. The number of aromatic nitrogens is 3. The van der Waals surface area contributed by atoms with Gasteiger partial charge in [0.25, 0.3) is 0 Å². The van der Waals surface area contributed by atoms with Gasteiger partial charge in [-0.05, 0) is 36.4 Å². The van der Waals surface area contributed by atoms with Gasteiger partial charge in [0.15, 0.2) is 0 Å². The first-order chi connectivity index (χ1) is 12.5. The zero-order chi connectivity index (χ0) is 18.6. The molecule has 6 heteroatoms. The Labute approximate surface area is 155 Å². The van der Waals surface area contributed by atoms with Gasteiger partial charge in [-0.1, -0.05) is 32.1 Å². The van der Waals surface area contributed by atoms with Crippen LogP contribution in [0.1, 0.15) is 0 Å². The van der Waals surface area contributed by atoms with E-state index >= 15 is 0 Å². The molecule has 5 nitrogen and oxygen atoms in total. The van der Waals surface area contributed by atoms with Crippen molar-refractivity contribution in [2.75, 3.05) is 11.9 Å². The van der Waals surface area contributed by atoms with Gasteiger partial charge in [0, 0.05) is 38.0 Å². The van der Waals surface area contributed by atoms with Crippen molar-refractivity contribution in [2.24, 2.45) is 0 Å². The van der Waals surface area contributed by atoms with Crippen LogP contribution in [0, 0.1) is 12.5 Å². The second kappa shape index (κ2) is 7.73. The maximum absolute atomic E-state index is 5.91. The van der Waals surface area contributed by atoms with Crippen LogP contribution in [0.2, 0.25) is 25.7 Å². The number of hydrogen-bond acceptors (Lipinski definition) is 4. The highest BCUT2D eigenvalue weighted by molar-refractivity contribution is 6.76. The second-order valence-electron chi connectivity index (χ2n) is 7.41. The number of pyridine rings is 1. The van der Waals surface area contributed by atoms with Crippen LogP contribution in [0.5, 0.6) is 0 Å². The average molecular weight is 365 g/mol. The molecule has 0 bridgehead atoms. The summed E-state index contributed by atoms with van der Waals surface area (Å²) in [5.41, 5.74) is 3.52. The van der Waals surface area contributed by atoms with Gasteiger partial charge in [0.2, 0.25) is 0 Å².